The van der Waals surface area contributed by atoms with Crippen molar-refractivity contribution in [3.63, 3.8) is 0 Å². The van der Waals surface area contributed by atoms with E-state index in [1.807, 2.05) is 5.32 Å². The topological polar surface area (TPSA) is 92.8 Å². The molecule has 0 aromatic heterocycles. The van der Waals surface area contributed by atoms with Gasteiger partial charge >= 0.3 is 5.97 Å². The van der Waals surface area contributed by atoms with Crippen LogP contribution in [0.2, 0.25) is 0 Å². The van der Waals surface area contributed by atoms with E-state index in [9.17, 15) is 31.2 Å². The van der Waals surface area contributed by atoms with Crippen molar-refractivity contribution in [3.05, 3.63) is 29.6 Å². The van der Waals surface area contributed by atoms with Crippen molar-refractivity contribution in [1.82, 2.24) is 4.31 Å². The number of hydrogen-bond donors (Lipinski definition) is 1. The van der Waals surface area contributed by atoms with Crippen molar-refractivity contribution < 1.29 is 35.9 Å². The number of halogens is 3. The van der Waals surface area contributed by atoms with E-state index in [0.29, 0.717) is 6.07 Å². The molecule has 1 saturated heterocycles. The van der Waals surface area contributed by atoms with Crippen LogP contribution in [0, 0.1) is 23.4 Å². The van der Waals surface area contributed by atoms with Gasteiger partial charge in [-0.1, -0.05) is 0 Å². The summed E-state index contributed by atoms with van der Waals surface area (Å²) >= 11 is 0. The molecule has 1 heterocycles. The molecule has 0 radical (unpaired) electrons. The average molecular weight is 394 g/mol. The standard InChI is InChI=1S/C15H17F3N2O5S/c1-26(23,24)20-6-4-9(5-7-20)15(22)25-8-12(21)19-11-3-2-10(16)13(17)14(11)18/h2-3,9H,4-8H2,1H3,(H,19,21). The zero-order valence-electron chi connectivity index (χ0n) is 13.8. The number of rotatable bonds is 5. The zero-order valence-corrected chi connectivity index (χ0v) is 14.6. The van der Waals surface area contributed by atoms with Crippen LogP contribution in [0.15, 0.2) is 12.1 Å². The lowest BCUT2D eigenvalue weighted by atomic mass is 9.98. The molecule has 0 aliphatic carbocycles. The van der Waals surface area contributed by atoms with Crippen LogP contribution in [0.4, 0.5) is 18.9 Å². The predicted octanol–water partition coefficient (Wildman–Crippen LogP) is 1.26. The fourth-order valence-electron chi connectivity index (χ4n) is 2.49. The third kappa shape index (κ3) is 4.94. The van der Waals surface area contributed by atoms with Gasteiger partial charge in [0.1, 0.15) is 0 Å². The number of carbonyl (C=O) groups excluding carboxylic acids is 2. The Hall–Kier alpha value is -2.14. The molecule has 26 heavy (non-hydrogen) atoms. The van der Waals surface area contributed by atoms with Crippen LogP contribution in [-0.4, -0.2) is 50.6 Å². The Kier molecular flexibility index (Phi) is 6.24. The first kappa shape index (κ1) is 20.2. The molecule has 0 unspecified atom stereocenters. The Morgan fingerprint density at radius 1 is 1.19 bits per heavy atom. The van der Waals surface area contributed by atoms with Crippen LogP contribution >= 0.6 is 0 Å². The minimum absolute atomic E-state index is 0.171. The number of hydrogen-bond acceptors (Lipinski definition) is 5. The number of benzene rings is 1. The van der Waals surface area contributed by atoms with Gasteiger partial charge in [0.25, 0.3) is 5.91 Å². The van der Waals surface area contributed by atoms with E-state index >= 15 is 0 Å². The van der Waals surface area contributed by atoms with Gasteiger partial charge in [-0.05, 0) is 25.0 Å². The second kappa shape index (κ2) is 8.04. The predicted molar refractivity (Wildman–Crippen MR) is 85.0 cm³/mol. The maximum Gasteiger partial charge on any atom is 0.309 e. The molecule has 1 aromatic carbocycles. The van der Waals surface area contributed by atoms with E-state index in [0.717, 1.165) is 12.3 Å². The van der Waals surface area contributed by atoms with E-state index in [2.05, 4.69) is 0 Å². The molecular weight excluding hydrogens is 377 g/mol. The van der Waals surface area contributed by atoms with Gasteiger partial charge in [0.2, 0.25) is 10.0 Å². The number of ether oxygens (including phenoxy) is 1. The van der Waals surface area contributed by atoms with Crippen molar-refractivity contribution >= 4 is 27.6 Å². The smallest absolute Gasteiger partial charge is 0.309 e. The summed E-state index contributed by atoms with van der Waals surface area (Å²) in [6.45, 7) is -0.390. The monoisotopic (exact) mass is 394 g/mol. The lowest BCUT2D eigenvalue weighted by Crippen LogP contribution is -2.40. The van der Waals surface area contributed by atoms with E-state index in [1.54, 1.807) is 0 Å². The van der Waals surface area contributed by atoms with Gasteiger partial charge in [-0.15, -0.1) is 0 Å². The summed E-state index contributed by atoms with van der Waals surface area (Å²) in [5.41, 5.74) is -0.577. The molecule has 1 aliphatic heterocycles. The molecule has 0 saturated carbocycles. The summed E-state index contributed by atoms with van der Waals surface area (Å²) in [5.74, 6) is -6.83. The number of piperidine rings is 1. The van der Waals surface area contributed by atoms with Crippen molar-refractivity contribution in [2.75, 3.05) is 31.3 Å². The fourth-order valence-corrected chi connectivity index (χ4v) is 3.36. The highest BCUT2D eigenvalue weighted by molar-refractivity contribution is 7.88. The van der Waals surface area contributed by atoms with Crippen LogP contribution in [0.1, 0.15) is 12.8 Å². The fraction of sp³-hybridized carbons (Fsp3) is 0.467. The van der Waals surface area contributed by atoms with Crippen molar-refractivity contribution in [1.29, 1.82) is 0 Å². The molecule has 1 N–H and O–H groups in total. The number of carbonyl (C=O) groups is 2. The minimum Gasteiger partial charge on any atom is -0.455 e. The van der Waals surface area contributed by atoms with Crippen molar-refractivity contribution in [2.45, 2.75) is 12.8 Å². The Morgan fingerprint density at radius 3 is 2.38 bits per heavy atom. The van der Waals surface area contributed by atoms with Crippen LogP contribution in [-0.2, 0) is 24.3 Å². The summed E-state index contributed by atoms with van der Waals surface area (Å²) in [6, 6.07) is 1.49. The number of esters is 1. The maximum absolute atomic E-state index is 13.5. The molecule has 144 valence electrons. The number of amides is 1. The van der Waals surface area contributed by atoms with Gasteiger partial charge in [-0.3, -0.25) is 9.59 Å². The van der Waals surface area contributed by atoms with Gasteiger partial charge in [0.15, 0.2) is 24.1 Å². The summed E-state index contributed by atoms with van der Waals surface area (Å²) in [4.78, 5) is 23.6. The van der Waals surface area contributed by atoms with Crippen molar-refractivity contribution in [3.8, 4) is 0 Å². The Morgan fingerprint density at radius 2 is 1.81 bits per heavy atom. The summed E-state index contributed by atoms with van der Waals surface area (Å²) in [7, 11) is -3.32. The van der Waals surface area contributed by atoms with Gasteiger partial charge < -0.3 is 10.1 Å². The number of nitrogens with zero attached hydrogens (tertiary/aromatic N) is 1. The van der Waals surface area contributed by atoms with Crippen LogP contribution in [0.25, 0.3) is 0 Å². The molecule has 0 bridgehead atoms. The zero-order chi connectivity index (χ0) is 19.5. The summed E-state index contributed by atoms with van der Waals surface area (Å²) in [6.07, 6.45) is 1.59. The quantitative estimate of drug-likeness (QED) is 0.600. The van der Waals surface area contributed by atoms with Crippen molar-refractivity contribution in [2.24, 2.45) is 5.92 Å². The maximum atomic E-state index is 13.5. The van der Waals surface area contributed by atoms with Crippen LogP contribution < -0.4 is 5.32 Å². The summed E-state index contributed by atoms with van der Waals surface area (Å²) < 4.78 is 68.2. The number of anilines is 1. The van der Waals surface area contributed by atoms with Crippen LogP contribution in [0.3, 0.4) is 0 Å². The lowest BCUT2D eigenvalue weighted by molar-refractivity contribution is -0.152. The highest BCUT2D eigenvalue weighted by Gasteiger charge is 2.30. The highest BCUT2D eigenvalue weighted by atomic mass is 32.2. The largest absolute Gasteiger partial charge is 0.455 e. The third-order valence-corrected chi connectivity index (χ3v) is 5.21. The number of sulfonamides is 1. The second-order valence-corrected chi connectivity index (χ2v) is 7.80. The molecular formula is C15H17F3N2O5S. The normalized spacial score (nSPS) is 16.3. The van der Waals surface area contributed by atoms with Gasteiger partial charge in [0, 0.05) is 13.1 Å². The van der Waals surface area contributed by atoms with Gasteiger partial charge in [-0.2, -0.15) is 0 Å². The lowest BCUT2D eigenvalue weighted by Gasteiger charge is -2.28. The second-order valence-electron chi connectivity index (χ2n) is 5.82. The van der Waals surface area contributed by atoms with E-state index in [1.165, 1.54) is 4.31 Å². The molecule has 11 heteroatoms. The molecule has 0 spiro atoms. The molecule has 1 aromatic rings. The Bertz CT molecular complexity index is 808. The molecule has 0 atom stereocenters. The average Bonchev–Trinajstić information content (AvgIpc) is 2.59. The first-order valence-corrected chi connectivity index (χ1v) is 9.49. The van der Waals surface area contributed by atoms with Gasteiger partial charge in [0.05, 0.1) is 17.9 Å². The van der Waals surface area contributed by atoms with E-state index in [4.69, 9.17) is 4.74 Å². The number of nitrogens with one attached hydrogen (secondary N) is 1. The molecule has 7 nitrogen and oxygen atoms in total. The Balaban J connectivity index is 1.83. The molecule has 1 aliphatic rings. The molecule has 1 fully saturated rings. The SMILES string of the molecule is CS(=O)(=O)N1CCC(C(=O)OCC(=O)Nc2ccc(F)c(F)c2F)CC1. The van der Waals surface area contributed by atoms with Gasteiger partial charge in [-0.25, -0.2) is 25.9 Å². The van der Waals surface area contributed by atoms with Crippen LogP contribution in [0.5, 0.6) is 0 Å². The summed E-state index contributed by atoms with van der Waals surface area (Å²) in [5, 5.41) is 1.98. The molecule has 1 amide bonds. The first-order chi connectivity index (χ1) is 12.1. The van der Waals surface area contributed by atoms with E-state index < -0.39 is 57.6 Å². The van der Waals surface area contributed by atoms with E-state index in [-0.39, 0.29) is 25.9 Å². The third-order valence-electron chi connectivity index (χ3n) is 3.91. The minimum atomic E-state index is -3.32. The first-order valence-electron chi connectivity index (χ1n) is 7.64. The highest BCUT2D eigenvalue weighted by Crippen LogP contribution is 2.21. The molecule has 2 rings (SSSR count). The Labute approximate surface area is 148 Å².